The molecule has 2 atom stereocenters. The first kappa shape index (κ1) is 18.0. The van der Waals surface area contributed by atoms with Crippen LogP contribution in [0, 0.1) is 20.9 Å². The van der Waals surface area contributed by atoms with Crippen LogP contribution in [0.4, 0.5) is 5.69 Å². The average molecular weight is 348 g/mol. The van der Waals surface area contributed by atoms with E-state index in [2.05, 4.69) is 25.7 Å². The Bertz CT molecular complexity index is 688. The van der Waals surface area contributed by atoms with Gasteiger partial charge < -0.3 is 9.47 Å². The summed E-state index contributed by atoms with van der Waals surface area (Å²) in [6.07, 6.45) is 3.53. The second-order valence-electron chi connectivity index (χ2n) is 8.71. The highest BCUT2D eigenvalue weighted by molar-refractivity contribution is 5.54. The molecular formula is C19H28N2O4. The summed E-state index contributed by atoms with van der Waals surface area (Å²) in [5.74, 6) is 0.933. The molecule has 25 heavy (non-hydrogen) atoms. The van der Waals surface area contributed by atoms with E-state index in [1.807, 2.05) is 0 Å². The van der Waals surface area contributed by atoms with Crippen LogP contribution < -0.4 is 9.47 Å². The van der Waals surface area contributed by atoms with E-state index in [9.17, 15) is 10.1 Å². The number of hydrogen-bond donors (Lipinski definition) is 0. The number of hydrogen-bond acceptors (Lipinski definition) is 5. The monoisotopic (exact) mass is 348 g/mol. The van der Waals surface area contributed by atoms with Crippen LogP contribution in [0.2, 0.25) is 0 Å². The second-order valence-corrected chi connectivity index (χ2v) is 8.71. The van der Waals surface area contributed by atoms with Crippen molar-refractivity contribution >= 4 is 5.69 Å². The zero-order chi connectivity index (χ0) is 18.4. The van der Waals surface area contributed by atoms with Crippen molar-refractivity contribution in [1.82, 2.24) is 4.90 Å². The standard InChI is InChI=1S/C19H28N2O4/c1-18(2)8-14-9-19(3,11-18)12-20(14)10-13-6-16(24-4)17(25-5)7-15(13)21(22)23/h6-7,14H,8-12H2,1-5H3/t14-,19+/m1/s1. The van der Waals surface area contributed by atoms with Crippen LogP contribution in [0.1, 0.15) is 45.6 Å². The Balaban J connectivity index is 1.91. The van der Waals surface area contributed by atoms with E-state index in [1.165, 1.54) is 26.0 Å². The Morgan fingerprint density at radius 3 is 2.44 bits per heavy atom. The normalized spacial score (nSPS) is 28.0. The molecule has 138 valence electrons. The highest BCUT2D eigenvalue weighted by atomic mass is 16.6. The average Bonchev–Trinajstić information content (AvgIpc) is 2.74. The van der Waals surface area contributed by atoms with E-state index in [0.717, 1.165) is 13.0 Å². The lowest BCUT2D eigenvalue weighted by atomic mass is 9.65. The molecule has 2 bridgehead atoms. The predicted molar refractivity (Wildman–Crippen MR) is 96.1 cm³/mol. The molecule has 0 amide bonds. The first-order valence-corrected chi connectivity index (χ1v) is 8.80. The van der Waals surface area contributed by atoms with Crippen molar-refractivity contribution in [2.45, 2.75) is 52.6 Å². The molecule has 0 unspecified atom stereocenters. The number of likely N-dealkylation sites (tertiary alicyclic amines) is 1. The fourth-order valence-electron chi connectivity index (χ4n) is 5.19. The molecule has 0 aromatic heterocycles. The lowest BCUT2D eigenvalue weighted by Crippen LogP contribution is -2.34. The van der Waals surface area contributed by atoms with E-state index >= 15 is 0 Å². The van der Waals surface area contributed by atoms with Gasteiger partial charge in [-0.15, -0.1) is 0 Å². The minimum Gasteiger partial charge on any atom is -0.493 e. The second kappa shape index (κ2) is 6.16. The highest BCUT2D eigenvalue weighted by Crippen LogP contribution is 2.53. The molecule has 1 heterocycles. The predicted octanol–water partition coefficient (Wildman–Crippen LogP) is 4.01. The molecular weight excluding hydrogens is 320 g/mol. The molecule has 1 aromatic carbocycles. The van der Waals surface area contributed by atoms with Crippen LogP contribution >= 0.6 is 0 Å². The molecule has 1 saturated carbocycles. The molecule has 0 N–H and O–H groups in total. The van der Waals surface area contributed by atoms with Gasteiger partial charge in [-0.05, 0) is 36.2 Å². The van der Waals surface area contributed by atoms with Crippen LogP contribution in [-0.4, -0.2) is 36.6 Å². The van der Waals surface area contributed by atoms with Gasteiger partial charge in [-0.25, -0.2) is 0 Å². The Labute approximate surface area is 149 Å². The number of fused-ring (bicyclic) bond motifs is 2. The summed E-state index contributed by atoms with van der Waals surface area (Å²) in [5.41, 5.74) is 1.42. The molecule has 0 spiro atoms. The third-order valence-electron chi connectivity index (χ3n) is 5.68. The molecule has 2 fully saturated rings. The Morgan fingerprint density at radius 1 is 1.20 bits per heavy atom. The Hall–Kier alpha value is -1.82. The van der Waals surface area contributed by atoms with Crippen molar-refractivity contribution in [2.75, 3.05) is 20.8 Å². The van der Waals surface area contributed by atoms with E-state index < -0.39 is 0 Å². The van der Waals surface area contributed by atoms with Crippen molar-refractivity contribution < 1.29 is 14.4 Å². The Kier molecular flexibility index (Phi) is 4.43. The molecule has 1 aliphatic carbocycles. The van der Waals surface area contributed by atoms with E-state index in [-0.39, 0.29) is 10.6 Å². The van der Waals surface area contributed by atoms with Gasteiger partial charge in [-0.3, -0.25) is 15.0 Å². The lowest BCUT2D eigenvalue weighted by molar-refractivity contribution is -0.385. The Morgan fingerprint density at radius 2 is 1.84 bits per heavy atom. The molecule has 1 aliphatic heterocycles. The summed E-state index contributed by atoms with van der Waals surface area (Å²) in [6.45, 7) is 8.59. The summed E-state index contributed by atoms with van der Waals surface area (Å²) in [7, 11) is 3.05. The van der Waals surface area contributed by atoms with E-state index in [4.69, 9.17) is 9.47 Å². The maximum Gasteiger partial charge on any atom is 0.277 e. The van der Waals surface area contributed by atoms with E-state index in [1.54, 1.807) is 13.2 Å². The largest absolute Gasteiger partial charge is 0.493 e. The van der Waals surface area contributed by atoms with Gasteiger partial charge in [-0.1, -0.05) is 20.8 Å². The van der Waals surface area contributed by atoms with Gasteiger partial charge in [0.1, 0.15) is 0 Å². The number of ether oxygens (including phenoxy) is 2. The number of methoxy groups -OCH3 is 2. The zero-order valence-electron chi connectivity index (χ0n) is 15.8. The summed E-state index contributed by atoms with van der Waals surface area (Å²) in [4.78, 5) is 13.6. The first-order valence-electron chi connectivity index (χ1n) is 8.80. The number of nitro groups is 1. The molecule has 3 rings (SSSR count). The number of nitrogens with zero attached hydrogens (tertiary/aromatic N) is 2. The maximum absolute atomic E-state index is 11.5. The summed E-state index contributed by atoms with van der Waals surface area (Å²) < 4.78 is 10.6. The smallest absolute Gasteiger partial charge is 0.277 e. The van der Waals surface area contributed by atoms with Crippen LogP contribution in [0.25, 0.3) is 0 Å². The summed E-state index contributed by atoms with van der Waals surface area (Å²) in [5, 5.41) is 11.5. The van der Waals surface area contributed by atoms with Crippen LogP contribution in [-0.2, 0) is 6.54 Å². The number of benzene rings is 1. The zero-order valence-corrected chi connectivity index (χ0v) is 15.8. The van der Waals surface area contributed by atoms with Crippen LogP contribution in [0.3, 0.4) is 0 Å². The lowest BCUT2D eigenvalue weighted by Gasteiger charge is -2.39. The third kappa shape index (κ3) is 3.45. The van der Waals surface area contributed by atoms with Gasteiger partial charge in [0.15, 0.2) is 11.5 Å². The fraction of sp³-hybridized carbons (Fsp3) is 0.684. The van der Waals surface area contributed by atoms with Crippen molar-refractivity contribution in [1.29, 1.82) is 0 Å². The van der Waals surface area contributed by atoms with Crippen LogP contribution in [0.5, 0.6) is 11.5 Å². The quantitative estimate of drug-likeness (QED) is 0.594. The van der Waals surface area contributed by atoms with Gasteiger partial charge in [0.2, 0.25) is 0 Å². The summed E-state index contributed by atoms with van der Waals surface area (Å²) in [6, 6.07) is 3.72. The van der Waals surface area contributed by atoms with Gasteiger partial charge in [0.05, 0.1) is 25.2 Å². The first-order chi connectivity index (χ1) is 11.7. The van der Waals surface area contributed by atoms with Gasteiger partial charge in [0.25, 0.3) is 5.69 Å². The van der Waals surface area contributed by atoms with Gasteiger partial charge in [0, 0.05) is 24.7 Å². The topological polar surface area (TPSA) is 64.8 Å². The highest BCUT2D eigenvalue weighted by Gasteiger charge is 2.49. The van der Waals surface area contributed by atoms with Crippen LogP contribution in [0.15, 0.2) is 12.1 Å². The molecule has 6 heteroatoms. The third-order valence-corrected chi connectivity index (χ3v) is 5.68. The van der Waals surface area contributed by atoms with Crippen molar-refractivity contribution in [3.8, 4) is 11.5 Å². The maximum atomic E-state index is 11.5. The molecule has 2 aliphatic rings. The van der Waals surface area contributed by atoms with Crippen molar-refractivity contribution in [3.05, 3.63) is 27.8 Å². The molecule has 1 aromatic rings. The minimum absolute atomic E-state index is 0.100. The molecule has 0 radical (unpaired) electrons. The number of nitro benzene ring substituents is 1. The van der Waals surface area contributed by atoms with Crippen molar-refractivity contribution in [2.24, 2.45) is 10.8 Å². The fourth-order valence-corrected chi connectivity index (χ4v) is 5.19. The SMILES string of the molecule is COc1cc(CN2C[C@@]3(C)C[C@H]2CC(C)(C)C3)c([N+](=O)[O-])cc1OC. The summed E-state index contributed by atoms with van der Waals surface area (Å²) >= 11 is 0. The number of rotatable bonds is 5. The van der Waals surface area contributed by atoms with Crippen molar-refractivity contribution in [3.63, 3.8) is 0 Å². The molecule has 6 nitrogen and oxygen atoms in total. The van der Waals surface area contributed by atoms with Gasteiger partial charge >= 0.3 is 0 Å². The van der Waals surface area contributed by atoms with Gasteiger partial charge in [-0.2, -0.15) is 0 Å². The van der Waals surface area contributed by atoms with E-state index in [0.29, 0.717) is 40.5 Å². The molecule has 1 saturated heterocycles. The minimum atomic E-state index is -0.328.